The van der Waals surface area contributed by atoms with Gasteiger partial charge in [0.1, 0.15) is 0 Å². The average molecular weight is 412 g/mol. The van der Waals surface area contributed by atoms with Crippen LogP contribution in [-0.2, 0) is 22.6 Å². The van der Waals surface area contributed by atoms with Crippen LogP contribution in [0, 0.1) is 5.92 Å². The third kappa shape index (κ3) is 3.90. The van der Waals surface area contributed by atoms with Gasteiger partial charge in [0.15, 0.2) is 0 Å². The van der Waals surface area contributed by atoms with Crippen molar-refractivity contribution in [3.05, 3.63) is 40.6 Å². The number of aliphatic hydroxyl groups excluding tert-OH is 2. The Labute approximate surface area is 190 Å². The normalized spacial score (nSPS) is 21.6. The van der Waals surface area contributed by atoms with Crippen molar-refractivity contribution in [2.24, 2.45) is 5.92 Å². The summed E-state index contributed by atoms with van der Waals surface area (Å²) in [5, 5.41) is 34.1. The molecule has 2 aliphatic rings. The van der Waals surface area contributed by atoms with Crippen molar-refractivity contribution in [2.75, 3.05) is 7.05 Å². The molecule has 1 aromatic rings. The fourth-order valence-electron chi connectivity index (χ4n) is 3.91. The van der Waals surface area contributed by atoms with Gasteiger partial charge in [0.2, 0.25) is 5.91 Å². The van der Waals surface area contributed by atoms with Crippen LogP contribution in [0.3, 0.4) is 0 Å². The van der Waals surface area contributed by atoms with E-state index in [0.717, 1.165) is 5.56 Å². The molecule has 1 fully saturated rings. The van der Waals surface area contributed by atoms with Crippen LogP contribution in [0.1, 0.15) is 30.0 Å². The number of nitrogens with zero attached hydrogens (tertiary/aromatic N) is 1. The number of carboxylic acid groups (broad SMARTS) is 1. The molecule has 2 aliphatic heterocycles. The average Bonchev–Trinajstić information content (AvgIpc) is 2.96. The fourth-order valence-corrected chi connectivity index (χ4v) is 4.07. The van der Waals surface area contributed by atoms with Crippen LogP contribution in [0.2, 0.25) is 0 Å². The maximum Gasteiger partial charge on any atom is 1.00 e. The van der Waals surface area contributed by atoms with E-state index in [0.29, 0.717) is 34.5 Å². The van der Waals surface area contributed by atoms with Gasteiger partial charge >= 0.3 is 29.6 Å². The number of β-lactam (4-membered cyclic amide) rings is 1. The molecule has 1 saturated heterocycles. The molecule has 3 N–H and O–H groups in total. The number of thiocarbonyl (C=S) groups is 1. The summed E-state index contributed by atoms with van der Waals surface area (Å²) in [7, 11) is 1.73. The summed E-state index contributed by atoms with van der Waals surface area (Å²) < 4.78 is 0. The summed E-state index contributed by atoms with van der Waals surface area (Å²) >= 11 is 5.17. The summed E-state index contributed by atoms with van der Waals surface area (Å²) in [5.74, 6) is -2.43. The molecule has 0 aliphatic carbocycles. The molecular weight excluding hydrogens is 391 g/mol. The number of hydrogen-bond donors (Lipinski definition) is 3. The monoisotopic (exact) mass is 412 g/mol. The number of carboxylic acids is 1. The molecule has 0 bridgehead atoms. The van der Waals surface area contributed by atoms with Crippen molar-refractivity contribution in [3.63, 3.8) is 0 Å². The Kier molecular flexibility index (Phi) is 7.41. The molecule has 0 radical (unpaired) electrons. The predicted molar refractivity (Wildman–Crippen MR) is 100 cm³/mol. The first kappa shape index (κ1) is 23.0. The fraction of sp³-hybridized carbons (Fsp3) is 0.421. The second kappa shape index (κ2) is 9.02. The van der Waals surface area contributed by atoms with Crippen LogP contribution in [-0.4, -0.2) is 51.2 Å². The number of likely N-dealkylation sites (N-methyl/N-ethyl adjacent to an activating group) is 1. The zero-order valence-corrected chi connectivity index (χ0v) is 18.9. The maximum atomic E-state index is 12.3. The van der Waals surface area contributed by atoms with Crippen LogP contribution in [0.5, 0.6) is 0 Å². The predicted octanol–water partition coefficient (Wildman–Crippen LogP) is -3.66. The Morgan fingerprint density at radius 3 is 2.64 bits per heavy atom. The Morgan fingerprint density at radius 1 is 1.43 bits per heavy atom. The van der Waals surface area contributed by atoms with Crippen LogP contribution in [0.25, 0.3) is 5.57 Å². The maximum absolute atomic E-state index is 12.3. The molecule has 28 heavy (non-hydrogen) atoms. The summed E-state index contributed by atoms with van der Waals surface area (Å²) in [4.78, 5) is 25.8. The minimum Gasteiger partial charge on any atom is -0.543 e. The second-order valence-corrected chi connectivity index (χ2v) is 7.35. The minimum atomic E-state index is -1.42. The van der Waals surface area contributed by atoms with Crippen molar-refractivity contribution in [1.29, 1.82) is 0 Å². The topological polar surface area (TPSA) is 113 Å². The van der Waals surface area contributed by atoms with Gasteiger partial charge in [-0.25, -0.2) is 0 Å². The summed E-state index contributed by atoms with van der Waals surface area (Å²) in [6.07, 6.45) is -0.0609. The van der Waals surface area contributed by atoms with E-state index in [1.807, 2.05) is 0 Å². The summed E-state index contributed by atoms with van der Waals surface area (Å²) in [6.45, 7) is 1.31. The molecule has 2 heterocycles. The molecule has 3 atom stereocenters. The minimum absolute atomic E-state index is 0. The number of benzene rings is 1. The van der Waals surface area contributed by atoms with Crippen molar-refractivity contribution in [3.8, 4) is 0 Å². The number of aliphatic carboxylic acids is 1. The number of carbonyl (C=O) groups excluding carboxylic acids is 2. The quantitative estimate of drug-likeness (QED) is 0.251. The molecule has 1 amide bonds. The number of hydrogen-bond acceptors (Lipinski definition) is 6. The molecule has 144 valence electrons. The van der Waals surface area contributed by atoms with Gasteiger partial charge in [0.05, 0.1) is 41.3 Å². The Bertz CT molecular complexity index is 855. The standard InChI is InChI=1S/C19H22N2O5S.Na/c1-9(23)16-14-7-13(17(19(25)26)21(14)18(16)24)11-4-3-10(6-15(27)20-2)12(5-11)8-22;/h3-5,9,14,16,22-23H,6-8H2,1-2H3,(H,20,27)(H,25,26);/q;+1/p-1/t9-,14-,16-;/m1./s1. The number of carbonyl (C=O) groups is 2. The van der Waals surface area contributed by atoms with Gasteiger partial charge in [-0.05, 0) is 41.7 Å². The molecule has 0 unspecified atom stereocenters. The van der Waals surface area contributed by atoms with Gasteiger partial charge in [-0.1, -0.05) is 24.4 Å². The number of fused-ring (bicyclic) bond motifs is 1. The van der Waals surface area contributed by atoms with Crippen molar-refractivity contribution in [2.45, 2.75) is 38.5 Å². The van der Waals surface area contributed by atoms with Gasteiger partial charge < -0.3 is 30.3 Å². The van der Waals surface area contributed by atoms with Crippen LogP contribution >= 0.6 is 12.2 Å². The first-order valence-corrected chi connectivity index (χ1v) is 9.10. The number of aliphatic hydroxyl groups is 2. The van der Waals surface area contributed by atoms with E-state index in [1.54, 1.807) is 25.2 Å². The SMILES string of the molecule is CNC(=S)Cc1ccc(C2=C(C(=O)[O-])N3C(=O)[C@H]([C@@H](C)O)[C@H]3C2)cc1CO.[Na+]. The molecule has 9 heteroatoms. The van der Waals surface area contributed by atoms with Crippen molar-refractivity contribution in [1.82, 2.24) is 10.2 Å². The Balaban J connectivity index is 0.00000280. The molecule has 0 saturated carbocycles. The van der Waals surface area contributed by atoms with Gasteiger partial charge in [-0.15, -0.1) is 0 Å². The Hall–Kier alpha value is -1.29. The second-order valence-electron chi connectivity index (χ2n) is 6.85. The van der Waals surface area contributed by atoms with Crippen molar-refractivity contribution >= 4 is 34.7 Å². The van der Waals surface area contributed by atoms with E-state index in [9.17, 15) is 24.9 Å². The zero-order chi connectivity index (χ0) is 19.9. The van der Waals surface area contributed by atoms with Crippen LogP contribution in [0.15, 0.2) is 23.9 Å². The molecule has 1 aromatic carbocycles. The van der Waals surface area contributed by atoms with Gasteiger partial charge in [0, 0.05) is 13.5 Å². The van der Waals surface area contributed by atoms with Gasteiger partial charge in [-0.3, -0.25) is 4.79 Å². The third-order valence-corrected chi connectivity index (χ3v) is 5.63. The first-order valence-electron chi connectivity index (χ1n) is 8.69. The molecule has 0 aromatic heterocycles. The van der Waals surface area contributed by atoms with E-state index >= 15 is 0 Å². The van der Waals surface area contributed by atoms with Crippen LogP contribution in [0.4, 0.5) is 0 Å². The van der Waals surface area contributed by atoms with Gasteiger partial charge in [-0.2, -0.15) is 0 Å². The smallest absolute Gasteiger partial charge is 0.543 e. The molecular formula is C19H21N2NaO5S. The van der Waals surface area contributed by atoms with E-state index < -0.39 is 23.9 Å². The molecule has 3 rings (SSSR count). The Morgan fingerprint density at radius 2 is 2.11 bits per heavy atom. The van der Waals surface area contributed by atoms with E-state index in [1.165, 1.54) is 11.8 Å². The van der Waals surface area contributed by atoms with E-state index in [4.69, 9.17) is 12.2 Å². The van der Waals surface area contributed by atoms with Crippen molar-refractivity contribution < 1.29 is 54.5 Å². The zero-order valence-electron chi connectivity index (χ0n) is 16.1. The van der Waals surface area contributed by atoms with E-state index in [-0.39, 0.29) is 47.9 Å². The first-order chi connectivity index (χ1) is 12.8. The number of nitrogens with one attached hydrogen (secondary N) is 1. The summed E-state index contributed by atoms with van der Waals surface area (Å²) in [6, 6.07) is 4.90. The molecule has 7 nitrogen and oxygen atoms in total. The summed E-state index contributed by atoms with van der Waals surface area (Å²) in [5.41, 5.74) is 2.43. The largest absolute Gasteiger partial charge is 1.00 e. The van der Waals surface area contributed by atoms with Gasteiger partial charge in [0.25, 0.3) is 0 Å². The number of rotatable bonds is 6. The molecule has 0 spiro atoms. The third-order valence-electron chi connectivity index (χ3n) is 5.28. The van der Waals surface area contributed by atoms with Crippen LogP contribution < -0.4 is 40.0 Å². The number of amides is 1. The van der Waals surface area contributed by atoms with E-state index in [2.05, 4.69) is 5.32 Å².